The van der Waals surface area contributed by atoms with Gasteiger partial charge in [-0.05, 0) is 31.5 Å². The molecule has 1 aliphatic heterocycles. The Bertz CT molecular complexity index is 1380. The predicted molar refractivity (Wildman–Crippen MR) is 121 cm³/mol. The fourth-order valence-corrected chi connectivity index (χ4v) is 6.00. The number of aliphatic hydroxyl groups is 1. The zero-order valence-electron chi connectivity index (χ0n) is 18.3. The molecular weight excluding hydrogens is 442 g/mol. The average molecular weight is 468 g/mol. The Morgan fingerprint density at radius 1 is 1.27 bits per heavy atom. The highest BCUT2D eigenvalue weighted by molar-refractivity contribution is 7.89. The zero-order chi connectivity index (χ0) is 23.4. The number of aliphatic hydroxyl groups excluding tert-OH is 1. The van der Waals surface area contributed by atoms with Gasteiger partial charge in [-0.15, -0.1) is 0 Å². The number of allylic oxidation sites excluding steroid dienone is 4. The highest BCUT2D eigenvalue weighted by Gasteiger charge is 2.43. The quantitative estimate of drug-likeness (QED) is 0.594. The third kappa shape index (κ3) is 3.59. The monoisotopic (exact) mass is 467 g/mol. The number of aromatic amines is 1. The van der Waals surface area contributed by atoms with Gasteiger partial charge in [0.15, 0.2) is 0 Å². The lowest BCUT2D eigenvalue weighted by Gasteiger charge is -2.38. The summed E-state index contributed by atoms with van der Waals surface area (Å²) in [5, 5.41) is 22.3. The number of aromatic nitrogens is 4. The molecule has 2 N–H and O–H groups in total. The summed E-state index contributed by atoms with van der Waals surface area (Å²) in [5.74, 6) is -0.774. The Morgan fingerprint density at radius 2 is 2.09 bits per heavy atom. The molecule has 0 radical (unpaired) electrons. The van der Waals surface area contributed by atoms with Crippen LogP contribution in [-0.4, -0.2) is 49.8 Å². The maximum absolute atomic E-state index is 13.4. The van der Waals surface area contributed by atoms with Crippen LogP contribution in [0.1, 0.15) is 31.5 Å². The number of nitrogens with zero attached hydrogens (tertiary/aromatic N) is 4. The van der Waals surface area contributed by atoms with Crippen LogP contribution in [0.15, 0.2) is 59.8 Å². The number of carbonyl (C=O) groups is 1. The van der Waals surface area contributed by atoms with E-state index >= 15 is 0 Å². The fourth-order valence-electron chi connectivity index (χ4n) is 4.80. The summed E-state index contributed by atoms with van der Waals surface area (Å²) in [7, 11) is -3.88. The molecule has 3 heterocycles. The molecule has 1 amide bonds. The molecule has 10 heteroatoms. The molecule has 0 bridgehead atoms. The second-order valence-corrected chi connectivity index (χ2v) is 10.8. The number of carbonyl (C=O) groups excluding carboxylic acids is 1. The second-order valence-electron chi connectivity index (χ2n) is 9.01. The van der Waals surface area contributed by atoms with Gasteiger partial charge in [-0.1, -0.05) is 31.2 Å². The summed E-state index contributed by atoms with van der Waals surface area (Å²) < 4.78 is 27.2. The van der Waals surface area contributed by atoms with Crippen molar-refractivity contribution >= 4 is 26.8 Å². The topological polar surface area (TPSA) is 121 Å². The van der Waals surface area contributed by atoms with Gasteiger partial charge >= 0.3 is 0 Å². The number of fused-ring (bicyclic) bond motifs is 2. The second kappa shape index (κ2) is 7.67. The van der Waals surface area contributed by atoms with E-state index in [4.69, 9.17) is 0 Å². The number of benzene rings is 1. The van der Waals surface area contributed by atoms with Crippen molar-refractivity contribution in [1.29, 1.82) is 0 Å². The van der Waals surface area contributed by atoms with E-state index in [1.165, 1.54) is 18.3 Å². The minimum absolute atomic E-state index is 0.104. The standard InChI is InChI=1S/C23H25N5O4S/c1-15(29)21(23(2)8-4-3-5-9-23)22(30)27-12-17-13-28(26-20(17)14-27)33(31,32)18-7-6-16-11-24-25-19(16)10-18/h3-8,10-11,13,15,21,29H,9,12,14H2,1-2H3,(H,24,25)/t15-,21-,23?/m0/s1. The molecule has 0 saturated carbocycles. The van der Waals surface area contributed by atoms with Crippen LogP contribution in [0.5, 0.6) is 0 Å². The minimum atomic E-state index is -3.88. The van der Waals surface area contributed by atoms with E-state index in [2.05, 4.69) is 15.3 Å². The predicted octanol–water partition coefficient (Wildman–Crippen LogP) is 2.36. The molecule has 2 aliphatic rings. The van der Waals surface area contributed by atoms with Crippen molar-refractivity contribution in [2.45, 2.75) is 44.4 Å². The van der Waals surface area contributed by atoms with Gasteiger partial charge in [0.2, 0.25) is 5.91 Å². The van der Waals surface area contributed by atoms with Gasteiger partial charge in [0.05, 0.1) is 40.9 Å². The third-order valence-corrected chi connectivity index (χ3v) is 8.10. The van der Waals surface area contributed by atoms with Crippen LogP contribution in [-0.2, 0) is 27.9 Å². The number of H-pyrrole nitrogens is 1. The molecule has 1 unspecified atom stereocenters. The van der Waals surface area contributed by atoms with Gasteiger partial charge in [-0.3, -0.25) is 9.89 Å². The molecule has 3 atom stereocenters. The lowest BCUT2D eigenvalue weighted by Crippen LogP contribution is -2.46. The number of hydrogen-bond acceptors (Lipinski definition) is 6. The van der Waals surface area contributed by atoms with Crippen LogP contribution in [0.2, 0.25) is 0 Å². The number of rotatable bonds is 5. The first-order valence-corrected chi connectivity index (χ1v) is 12.2. The van der Waals surface area contributed by atoms with Gasteiger partial charge in [0.1, 0.15) is 0 Å². The van der Waals surface area contributed by atoms with Gasteiger partial charge < -0.3 is 10.0 Å². The van der Waals surface area contributed by atoms with Crippen molar-refractivity contribution < 1.29 is 18.3 Å². The van der Waals surface area contributed by atoms with Crippen molar-refractivity contribution in [3.05, 3.63) is 66.2 Å². The van der Waals surface area contributed by atoms with Crippen LogP contribution in [0.25, 0.3) is 10.9 Å². The van der Waals surface area contributed by atoms with Crippen LogP contribution < -0.4 is 0 Å². The number of hydrogen-bond donors (Lipinski definition) is 2. The smallest absolute Gasteiger partial charge is 0.283 e. The molecule has 2 aromatic heterocycles. The first-order valence-electron chi connectivity index (χ1n) is 10.8. The van der Waals surface area contributed by atoms with E-state index in [1.807, 2.05) is 31.2 Å². The van der Waals surface area contributed by atoms with E-state index < -0.39 is 27.5 Å². The van der Waals surface area contributed by atoms with Crippen LogP contribution in [0.4, 0.5) is 0 Å². The highest BCUT2D eigenvalue weighted by atomic mass is 32.2. The Balaban J connectivity index is 1.38. The number of amides is 1. The van der Waals surface area contributed by atoms with Gasteiger partial charge in [-0.25, -0.2) is 0 Å². The first kappa shape index (κ1) is 21.6. The van der Waals surface area contributed by atoms with Crippen LogP contribution in [0.3, 0.4) is 0 Å². The molecule has 0 saturated heterocycles. The molecule has 5 rings (SSSR count). The third-order valence-electron chi connectivity index (χ3n) is 6.57. The summed E-state index contributed by atoms with van der Waals surface area (Å²) in [6, 6.07) is 4.74. The van der Waals surface area contributed by atoms with E-state index in [-0.39, 0.29) is 23.9 Å². The fraction of sp³-hybridized carbons (Fsp3) is 0.348. The summed E-state index contributed by atoms with van der Waals surface area (Å²) in [5.41, 5.74) is 1.36. The summed E-state index contributed by atoms with van der Waals surface area (Å²) in [6.45, 7) is 4.07. The van der Waals surface area contributed by atoms with Gasteiger partial charge in [-0.2, -0.15) is 22.7 Å². The molecule has 3 aromatic rings. The normalized spacial score (nSPS) is 22.0. The maximum atomic E-state index is 13.4. The SMILES string of the molecule is C[C@H](O)[C@@H](C(=O)N1Cc2cn(S(=O)(=O)c3ccc4cn[nH]c4c3)nc2C1)C1(C)C=CC=CC1. The summed E-state index contributed by atoms with van der Waals surface area (Å²) in [6.07, 6.45) is 10.7. The Labute approximate surface area is 191 Å². The van der Waals surface area contributed by atoms with Crippen molar-refractivity contribution in [3.8, 4) is 0 Å². The molecule has 33 heavy (non-hydrogen) atoms. The van der Waals surface area contributed by atoms with E-state index in [1.54, 1.807) is 24.1 Å². The lowest BCUT2D eigenvalue weighted by atomic mass is 9.70. The maximum Gasteiger partial charge on any atom is 0.283 e. The van der Waals surface area contributed by atoms with Crippen LogP contribution >= 0.6 is 0 Å². The zero-order valence-corrected chi connectivity index (χ0v) is 19.2. The molecule has 1 aromatic carbocycles. The molecule has 0 spiro atoms. The average Bonchev–Trinajstić information content (AvgIpc) is 3.48. The van der Waals surface area contributed by atoms with E-state index in [0.29, 0.717) is 23.2 Å². The van der Waals surface area contributed by atoms with Gasteiger partial charge in [0.25, 0.3) is 10.0 Å². The molecule has 1 aliphatic carbocycles. The van der Waals surface area contributed by atoms with E-state index in [0.717, 1.165) is 9.47 Å². The summed E-state index contributed by atoms with van der Waals surface area (Å²) >= 11 is 0. The summed E-state index contributed by atoms with van der Waals surface area (Å²) in [4.78, 5) is 15.1. The number of nitrogens with one attached hydrogen (secondary N) is 1. The molecule has 9 nitrogen and oxygen atoms in total. The van der Waals surface area contributed by atoms with E-state index in [9.17, 15) is 18.3 Å². The van der Waals surface area contributed by atoms with Crippen molar-refractivity contribution in [2.75, 3.05) is 0 Å². The van der Waals surface area contributed by atoms with Gasteiger partial charge in [0, 0.05) is 29.1 Å². The highest BCUT2D eigenvalue weighted by Crippen LogP contribution is 2.40. The van der Waals surface area contributed by atoms with Crippen LogP contribution in [0, 0.1) is 11.3 Å². The molecule has 172 valence electrons. The Kier molecular flexibility index (Phi) is 5.02. The minimum Gasteiger partial charge on any atom is -0.393 e. The Morgan fingerprint density at radius 3 is 2.79 bits per heavy atom. The van der Waals surface area contributed by atoms with Crippen molar-refractivity contribution in [2.24, 2.45) is 11.3 Å². The first-order chi connectivity index (χ1) is 15.7. The molecular formula is C23H25N5O4S. The van der Waals surface area contributed by atoms with Crippen molar-refractivity contribution in [1.82, 2.24) is 24.3 Å². The molecule has 0 fully saturated rings. The largest absolute Gasteiger partial charge is 0.393 e. The van der Waals surface area contributed by atoms with Crippen molar-refractivity contribution in [3.63, 3.8) is 0 Å². The Hall–Kier alpha value is -3.24. The lowest BCUT2D eigenvalue weighted by molar-refractivity contribution is -0.144.